The Morgan fingerprint density at radius 3 is 2.44 bits per heavy atom. The zero-order valence-electron chi connectivity index (χ0n) is 21.0. The number of hydrogen-bond donors (Lipinski definition) is 0. The van der Waals surface area contributed by atoms with Gasteiger partial charge < -0.3 is 4.57 Å². The van der Waals surface area contributed by atoms with E-state index < -0.39 is 0 Å². The normalized spacial score (nSPS) is 16.2. The number of fused-ring (bicyclic) bond motifs is 9. The van der Waals surface area contributed by atoms with Crippen molar-refractivity contribution in [2.45, 2.75) is 6.04 Å². The monoisotopic (exact) mass is 516 g/mol. The molecule has 2 aliphatic rings. The molecule has 7 aromatic rings. The number of aromatic nitrogens is 2. The van der Waals surface area contributed by atoms with Crippen molar-refractivity contribution in [2.24, 2.45) is 0 Å². The van der Waals surface area contributed by atoms with Gasteiger partial charge in [-0.25, -0.2) is 0 Å². The highest BCUT2D eigenvalue weighted by Crippen LogP contribution is 2.47. The van der Waals surface area contributed by atoms with E-state index in [9.17, 15) is 0 Å². The second-order valence-corrected chi connectivity index (χ2v) is 11.3. The van der Waals surface area contributed by atoms with Crippen molar-refractivity contribution in [3.05, 3.63) is 128 Å². The number of pyridine rings is 1. The van der Waals surface area contributed by atoms with Gasteiger partial charge in [-0.2, -0.15) is 4.58 Å². The highest BCUT2D eigenvalue weighted by atomic mass is 32.1. The van der Waals surface area contributed by atoms with Gasteiger partial charge in [-0.3, -0.25) is 4.98 Å². The first kappa shape index (κ1) is 21.2. The van der Waals surface area contributed by atoms with Crippen LogP contribution in [0.2, 0.25) is 0 Å². The summed E-state index contributed by atoms with van der Waals surface area (Å²) >= 11 is 1.91. The maximum Gasteiger partial charge on any atom is 0.235 e. The first-order chi connectivity index (χ1) is 19.4. The van der Waals surface area contributed by atoms with Crippen molar-refractivity contribution >= 4 is 70.4 Å². The summed E-state index contributed by atoms with van der Waals surface area (Å²) in [6.07, 6.45) is 12.7. The summed E-state index contributed by atoms with van der Waals surface area (Å²) in [5.41, 5.74) is 8.58. The SMILES string of the molecule is C1=CC2=[N+](c3ccc(-c4cccnc4)cc3)c3cccc4c5ccc6c7ccccc7sc6c5n(c34)C2C=C1. The van der Waals surface area contributed by atoms with Gasteiger partial charge in [0.1, 0.15) is 11.6 Å². The Bertz CT molecular complexity index is 2210. The van der Waals surface area contributed by atoms with Crippen molar-refractivity contribution in [3.8, 4) is 11.1 Å². The van der Waals surface area contributed by atoms with E-state index in [4.69, 9.17) is 0 Å². The third-order valence-electron chi connectivity index (χ3n) is 8.18. The van der Waals surface area contributed by atoms with E-state index in [-0.39, 0.29) is 6.04 Å². The summed E-state index contributed by atoms with van der Waals surface area (Å²) in [5, 5.41) is 5.31. The maximum absolute atomic E-state index is 4.30. The standard InChI is InChI=1S/C35H22N3S/c1-4-13-32-25(8-1)28-19-18-27-26-9-5-12-31-33(26)38(34(27)35(28)39-32)30-11-3-2-10-29(30)37(31)24-16-14-22(15-17-24)23-7-6-20-36-21-23/h1-21,30H/q+1. The largest absolute Gasteiger partial charge is 0.316 e. The van der Waals surface area contributed by atoms with E-state index >= 15 is 0 Å². The number of hydrogen-bond acceptors (Lipinski definition) is 2. The van der Waals surface area contributed by atoms with Gasteiger partial charge in [0.2, 0.25) is 17.1 Å². The van der Waals surface area contributed by atoms with Crippen LogP contribution < -0.4 is 4.58 Å². The number of thiophene rings is 1. The van der Waals surface area contributed by atoms with Gasteiger partial charge in [-0.05, 0) is 35.4 Å². The van der Waals surface area contributed by atoms with Crippen molar-refractivity contribution in [1.82, 2.24) is 14.1 Å². The molecule has 0 bridgehead atoms. The molecule has 0 spiro atoms. The summed E-state index contributed by atoms with van der Waals surface area (Å²) in [7, 11) is 0. The lowest BCUT2D eigenvalue weighted by Crippen LogP contribution is -2.30. The molecule has 1 unspecified atom stereocenters. The maximum atomic E-state index is 4.30. The minimum Gasteiger partial charge on any atom is -0.316 e. The third kappa shape index (κ3) is 2.87. The van der Waals surface area contributed by atoms with Crippen molar-refractivity contribution in [3.63, 3.8) is 0 Å². The average molecular weight is 517 g/mol. The Morgan fingerprint density at radius 1 is 0.692 bits per heavy atom. The van der Waals surface area contributed by atoms with Gasteiger partial charge in [-0.15, -0.1) is 11.3 Å². The molecular formula is C35H22N3S+. The van der Waals surface area contributed by atoms with Crippen LogP contribution in [0.25, 0.3) is 53.1 Å². The van der Waals surface area contributed by atoms with Gasteiger partial charge in [0.25, 0.3) is 0 Å². The van der Waals surface area contributed by atoms with Crippen LogP contribution in [-0.4, -0.2) is 15.3 Å². The smallest absolute Gasteiger partial charge is 0.235 e. The quantitative estimate of drug-likeness (QED) is 0.210. The fourth-order valence-corrected chi connectivity index (χ4v) is 7.76. The molecule has 0 radical (unpaired) electrons. The molecule has 0 saturated carbocycles. The van der Waals surface area contributed by atoms with Crippen molar-refractivity contribution < 1.29 is 0 Å². The number of para-hydroxylation sites is 1. The minimum absolute atomic E-state index is 0.110. The number of rotatable bonds is 2. The van der Waals surface area contributed by atoms with Crippen molar-refractivity contribution in [1.29, 1.82) is 0 Å². The number of benzene rings is 4. The molecule has 4 heterocycles. The van der Waals surface area contributed by atoms with Gasteiger partial charge in [0.15, 0.2) is 0 Å². The fourth-order valence-electron chi connectivity index (χ4n) is 6.51. The zero-order chi connectivity index (χ0) is 25.5. The molecule has 182 valence electrons. The molecule has 0 saturated heterocycles. The summed E-state index contributed by atoms with van der Waals surface area (Å²) < 4.78 is 7.74. The highest BCUT2D eigenvalue weighted by molar-refractivity contribution is 7.26. The lowest BCUT2D eigenvalue weighted by molar-refractivity contribution is 0.783. The van der Waals surface area contributed by atoms with E-state index in [1.165, 1.54) is 64.6 Å². The van der Waals surface area contributed by atoms with Gasteiger partial charge in [-0.1, -0.05) is 66.8 Å². The van der Waals surface area contributed by atoms with Crippen LogP contribution in [-0.2, 0) is 0 Å². The van der Waals surface area contributed by atoms with Crippen LogP contribution in [0.3, 0.4) is 0 Å². The Kier molecular flexibility index (Phi) is 4.26. The molecule has 1 aliphatic heterocycles. The van der Waals surface area contributed by atoms with Crippen LogP contribution in [0, 0.1) is 0 Å². The van der Waals surface area contributed by atoms with Crippen LogP contribution in [0.1, 0.15) is 6.04 Å². The molecule has 39 heavy (non-hydrogen) atoms. The minimum atomic E-state index is 0.110. The van der Waals surface area contributed by atoms with Crippen molar-refractivity contribution in [2.75, 3.05) is 0 Å². The third-order valence-corrected chi connectivity index (χ3v) is 9.37. The molecule has 3 aromatic heterocycles. The number of nitrogens with zero attached hydrogens (tertiary/aromatic N) is 3. The first-order valence-corrected chi connectivity index (χ1v) is 14.1. The summed E-state index contributed by atoms with van der Waals surface area (Å²) in [6.45, 7) is 0. The molecule has 1 atom stereocenters. The molecule has 0 fully saturated rings. The molecule has 0 N–H and O–H groups in total. The number of allylic oxidation sites excluding steroid dienone is 4. The summed E-state index contributed by atoms with van der Waals surface area (Å²) in [5.74, 6) is 0. The van der Waals surface area contributed by atoms with E-state index in [1.807, 2.05) is 29.8 Å². The molecule has 4 heteroatoms. The predicted molar refractivity (Wildman–Crippen MR) is 166 cm³/mol. The molecule has 9 rings (SSSR count). The average Bonchev–Trinajstić information content (AvgIpc) is 3.55. The zero-order valence-corrected chi connectivity index (χ0v) is 21.8. The topological polar surface area (TPSA) is 20.8 Å². The lowest BCUT2D eigenvalue weighted by atomic mass is 10.0. The highest BCUT2D eigenvalue weighted by Gasteiger charge is 2.37. The van der Waals surface area contributed by atoms with Crippen LogP contribution in [0.5, 0.6) is 0 Å². The van der Waals surface area contributed by atoms with Gasteiger partial charge in [0.05, 0.1) is 10.2 Å². The molecule has 1 aliphatic carbocycles. The Balaban J connectivity index is 1.35. The second-order valence-electron chi connectivity index (χ2n) is 10.2. The van der Waals surface area contributed by atoms with E-state index in [2.05, 4.69) is 123 Å². The molecular weight excluding hydrogens is 494 g/mol. The summed E-state index contributed by atoms with van der Waals surface area (Å²) in [4.78, 5) is 4.30. The summed E-state index contributed by atoms with van der Waals surface area (Å²) in [6, 6.07) is 33.3. The van der Waals surface area contributed by atoms with Gasteiger partial charge >= 0.3 is 0 Å². The predicted octanol–water partition coefficient (Wildman–Crippen LogP) is 9.18. The Hall–Kier alpha value is -4.80. The van der Waals surface area contributed by atoms with Crippen LogP contribution >= 0.6 is 11.3 Å². The van der Waals surface area contributed by atoms with E-state index in [0.29, 0.717) is 0 Å². The second kappa shape index (κ2) is 7.85. The lowest BCUT2D eigenvalue weighted by Gasteiger charge is -2.24. The Morgan fingerprint density at radius 2 is 1.54 bits per heavy atom. The first-order valence-electron chi connectivity index (χ1n) is 13.3. The Labute approximate surface area is 228 Å². The fraction of sp³-hybridized carbons (Fsp3) is 0.0286. The van der Waals surface area contributed by atoms with E-state index in [1.54, 1.807) is 0 Å². The molecule has 3 nitrogen and oxygen atoms in total. The van der Waals surface area contributed by atoms with E-state index in [0.717, 1.165) is 5.56 Å². The van der Waals surface area contributed by atoms with Crippen LogP contribution in [0.15, 0.2) is 128 Å². The van der Waals surface area contributed by atoms with Gasteiger partial charge in [0, 0.05) is 62.9 Å². The molecule has 0 amide bonds. The molecule has 4 aromatic carbocycles. The van der Waals surface area contributed by atoms with Crippen LogP contribution in [0.4, 0.5) is 11.4 Å².